The van der Waals surface area contributed by atoms with Crippen LogP contribution in [0.25, 0.3) is 0 Å². The number of halogens is 1. The van der Waals surface area contributed by atoms with Crippen LogP contribution in [0.4, 0.5) is 0 Å². The van der Waals surface area contributed by atoms with Gasteiger partial charge in [0.05, 0.1) is 0 Å². The minimum Gasteiger partial charge on any atom is -0.484 e. The second kappa shape index (κ2) is 5.50. The number of carboxylic acid groups (broad SMARTS) is 1. The molecule has 1 N–H and O–H groups in total. The fraction of sp³-hybridized carbons (Fsp3) is 0.200. The molecule has 0 spiro atoms. The molecule has 0 saturated carbocycles. The van der Waals surface area contributed by atoms with Crippen molar-refractivity contribution >= 4 is 21.9 Å². The Hall–Kier alpha value is -1.36. The summed E-state index contributed by atoms with van der Waals surface area (Å²) in [4.78, 5) is 14.2. The van der Waals surface area contributed by atoms with Crippen LogP contribution in [0.15, 0.2) is 35.1 Å². The molecular formula is C10H10BrNO3. The van der Waals surface area contributed by atoms with E-state index in [2.05, 4.69) is 20.9 Å². The average molecular weight is 272 g/mol. The highest BCUT2D eigenvalue weighted by Crippen LogP contribution is 2.22. The van der Waals surface area contributed by atoms with Gasteiger partial charge in [0.15, 0.2) is 5.75 Å². The molecule has 4 nitrogen and oxygen atoms in total. The first-order chi connectivity index (χ1) is 7.09. The summed E-state index contributed by atoms with van der Waals surface area (Å²) in [6.07, 6.45) is 3.83. The van der Waals surface area contributed by atoms with Crippen molar-refractivity contribution in [1.29, 1.82) is 0 Å². The van der Waals surface area contributed by atoms with Crippen LogP contribution < -0.4 is 4.74 Å². The minimum absolute atomic E-state index is 0.318. The largest absolute Gasteiger partial charge is 0.484 e. The molecule has 0 aliphatic carbocycles. The van der Waals surface area contributed by atoms with Crippen LogP contribution in [-0.4, -0.2) is 22.2 Å². The van der Waals surface area contributed by atoms with E-state index in [1.807, 2.05) is 0 Å². The predicted molar refractivity (Wildman–Crippen MR) is 58.8 cm³/mol. The Balaban J connectivity index is 2.62. The highest BCUT2D eigenvalue weighted by atomic mass is 79.9. The van der Waals surface area contributed by atoms with E-state index in [9.17, 15) is 4.79 Å². The highest BCUT2D eigenvalue weighted by molar-refractivity contribution is 9.10. The summed E-state index contributed by atoms with van der Waals surface area (Å²) >= 11 is 3.23. The van der Waals surface area contributed by atoms with Crippen LogP contribution in [0.5, 0.6) is 5.75 Å². The molecule has 5 heteroatoms. The lowest BCUT2D eigenvalue weighted by Crippen LogP contribution is -2.09. The molecular weight excluding hydrogens is 262 g/mol. The molecule has 1 aromatic heterocycles. The quantitative estimate of drug-likeness (QED) is 0.674. The van der Waals surface area contributed by atoms with Gasteiger partial charge in [0.2, 0.25) is 0 Å². The van der Waals surface area contributed by atoms with E-state index < -0.39 is 5.97 Å². The number of hydrogen-bond donors (Lipinski definition) is 1. The molecule has 0 fully saturated rings. The Morgan fingerprint density at radius 2 is 2.47 bits per heavy atom. The molecule has 80 valence electrons. The second-order valence-corrected chi connectivity index (χ2v) is 3.56. The van der Waals surface area contributed by atoms with E-state index in [0.29, 0.717) is 10.4 Å². The molecule has 0 saturated heterocycles. The summed E-state index contributed by atoms with van der Waals surface area (Å²) in [5.74, 6) is -0.407. The number of carbonyl (C=O) groups is 1. The van der Waals surface area contributed by atoms with E-state index in [-0.39, 0.29) is 6.10 Å². The summed E-state index contributed by atoms with van der Waals surface area (Å²) in [6.45, 7) is 1.75. The van der Waals surface area contributed by atoms with Crippen molar-refractivity contribution in [1.82, 2.24) is 4.98 Å². The monoisotopic (exact) mass is 271 g/mol. The van der Waals surface area contributed by atoms with E-state index in [0.717, 1.165) is 6.08 Å². The van der Waals surface area contributed by atoms with Crippen LogP contribution >= 0.6 is 15.9 Å². The van der Waals surface area contributed by atoms with Gasteiger partial charge in [-0.2, -0.15) is 0 Å². The SMILES string of the molecule is C[C@@H](/C=C/C(=O)O)Oc1cccnc1Br. The molecule has 1 atom stereocenters. The van der Waals surface area contributed by atoms with Crippen LogP contribution in [-0.2, 0) is 4.79 Å². The van der Waals surface area contributed by atoms with Crippen LogP contribution in [0.3, 0.4) is 0 Å². The van der Waals surface area contributed by atoms with Crippen molar-refractivity contribution in [3.05, 3.63) is 35.1 Å². The highest BCUT2D eigenvalue weighted by Gasteiger charge is 2.04. The zero-order valence-corrected chi connectivity index (χ0v) is 9.64. The van der Waals surface area contributed by atoms with Gasteiger partial charge >= 0.3 is 5.97 Å². The number of pyridine rings is 1. The summed E-state index contributed by atoms with van der Waals surface area (Å²) in [5.41, 5.74) is 0. The zero-order valence-electron chi connectivity index (χ0n) is 8.05. The lowest BCUT2D eigenvalue weighted by molar-refractivity contribution is -0.131. The Kier molecular flexibility index (Phi) is 4.30. The van der Waals surface area contributed by atoms with Crippen molar-refractivity contribution in [3.8, 4) is 5.75 Å². The Bertz CT molecular complexity index is 379. The van der Waals surface area contributed by atoms with E-state index in [4.69, 9.17) is 9.84 Å². The molecule has 1 rings (SSSR count). The number of aromatic nitrogens is 1. The van der Waals surface area contributed by atoms with Crippen molar-refractivity contribution in [2.75, 3.05) is 0 Å². The third-order valence-electron chi connectivity index (χ3n) is 1.55. The van der Waals surface area contributed by atoms with Gasteiger partial charge in [-0.3, -0.25) is 0 Å². The van der Waals surface area contributed by atoms with Crippen LogP contribution in [0.1, 0.15) is 6.92 Å². The molecule has 0 bridgehead atoms. The topological polar surface area (TPSA) is 59.4 Å². The van der Waals surface area contributed by atoms with Gasteiger partial charge in [0, 0.05) is 12.3 Å². The first-order valence-electron chi connectivity index (χ1n) is 4.28. The Labute approximate surface area is 95.7 Å². The van der Waals surface area contributed by atoms with Crippen LogP contribution in [0.2, 0.25) is 0 Å². The fourth-order valence-corrected chi connectivity index (χ4v) is 1.26. The van der Waals surface area contributed by atoms with Crippen molar-refractivity contribution in [3.63, 3.8) is 0 Å². The summed E-state index contributed by atoms with van der Waals surface area (Å²) in [6, 6.07) is 3.50. The van der Waals surface area contributed by atoms with Crippen molar-refractivity contribution < 1.29 is 14.6 Å². The zero-order chi connectivity index (χ0) is 11.3. The normalized spacial score (nSPS) is 12.7. The standard InChI is InChI=1S/C10H10BrNO3/c1-7(4-5-9(13)14)15-8-3-2-6-12-10(8)11/h2-7H,1H3,(H,13,14)/b5-4+/t7-/m0/s1. The summed E-state index contributed by atoms with van der Waals surface area (Å²) < 4.78 is 6.03. The van der Waals surface area contributed by atoms with E-state index in [1.54, 1.807) is 25.3 Å². The molecule has 0 unspecified atom stereocenters. The van der Waals surface area contributed by atoms with Crippen LogP contribution in [0, 0.1) is 0 Å². The lowest BCUT2D eigenvalue weighted by Gasteiger charge is -2.10. The first-order valence-corrected chi connectivity index (χ1v) is 5.07. The lowest BCUT2D eigenvalue weighted by atomic mass is 10.3. The van der Waals surface area contributed by atoms with E-state index in [1.165, 1.54) is 6.08 Å². The third-order valence-corrected chi connectivity index (χ3v) is 2.14. The van der Waals surface area contributed by atoms with Gasteiger partial charge in [0.25, 0.3) is 0 Å². The van der Waals surface area contributed by atoms with Gasteiger partial charge in [-0.15, -0.1) is 0 Å². The summed E-state index contributed by atoms with van der Waals surface area (Å²) in [7, 11) is 0. The molecule has 1 heterocycles. The first kappa shape index (κ1) is 11.7. The number of aliphatic carboxylic acids is 1. The average Bonchev–Trinajstić information content (AvgIpc) is 2.18. The molecule has 15 heavy (non-hydrogen) atoms. The maximum Gasteiger partial charge on any atom is 0.328 e. The van der Waals surface area contributed by atoms with Gasteiger partial charge in [0.1, 0.15) is 10.7 Å². The van der Waals surface area contributed by atoms with Gasteiger partial charge in [-0.25, -0.2) is 9.78 Å². The Morgan fingerprint density at radius 3 is 3.07 bits per heavy atom. The van der Waals surface area contributed by atoms with Crippen molar-refractivity contribution in [2.24, 2.45) is 0 Å². The maximum absolute atomic E-state index is 10.3. The minimum atomic E-state index is -0.990. The number of hydrogen-bond acceptors (Lipinski definition) is 3. The molecule has 0 amide bonds. The number of carboxylic acids is 1. The molecule has 0 aliphatic heterocycles. The number of rotatable bonds is 4. The Morgan fingerprint density at radius 1 is 1.73 bits per heavy atom. The maximum atomic E-state index is 10.3. The number of nitrogens with zero attached hydrogens (tertiary/aromatic N) is 1. The third kappa shape index (κ3) is 4.12. The van der Waals surface area contributed by atoms with E-state index >= 15 is 0 Å². The second-order valence-electron chi connectivity index (χ2n) is 2.81. The van der Waals surface area contributed by atoms with Gasteiger partial charge < -0.3 is 9.84 Å². The van der Waals surface area contributed by atoms with Crippen molar-refractivity contribution in [2.45, 2.75) is 13.0 Å². The summed E-state index contributed by atoms with van der Waals surface area (Å²) in [5, 5.41) is 8.42. The fourth-order valence-electron chi connectivity index (χ4n) is 0.917. The predicted octanol–water partition coefficient (Wildman–Crippen LogP) is 2.25. The van der Waals surface area contributed by atoms with Gasteiger partial charge in [-0.1, -0.05) is 0 Å². The molecule has 0 radical (unpaired) electrons. The van der Waals surface area contributed by atoms with Gasteiger partial charge in [-0.05, 0) is 41.1 Å². The molecule has 0 aliphatic rings. The molecule has 0 aromatic carbocycles. The smallest absolute Gasteiger partial charge is 0.328 e. The molecule has 1 aromatic rings. The number of ether oxygens (including phenoxy) is 1.